The molecule has 0 unspecified atom stereocenters. The van der Waals surface area contributed by atoms with Gasteiger partial charge in [0.25, 0.3) is 0 Å². The van der Waals surface area contributed by atoms with Crippen molar-refractivity contribution in [1.82, 2.24) is 0 Å². The summed E-state index contributed by atoms with van der Waals surface area (Å²) in [5, 5.41) is 0. The van der Waals surface area contributed by atoms with Gasteiger partial charge in [0.1, 0.15) is 0 Å². The summed E-state index contributed by atoms with van der Waals surface area (Å²) in [6.45, 7) is 16.0. The molecule has 0 aromatic carbocycles. The van der Waals surface area contributed by atoms with E-state index in [1.54, 1.807) is 0 Å². The number of hydrogen-bond acceptors (Lipinski definition) is 17. The van der Waals surface area contributed by atoms with Crippen molar-refractivity contribution in [2.24, 2.45) is 0 Å². The van der Waals surface area contributed by atoms with Crippen molar-refractivity contribution in [2.45, 2.75) is 107 Å². The van der Waals surface area contributed by atoms with Crippen molar-refractivity contribution in [1.29, 1.82) is 0 Å². The Kier molecular flexibility index (Phi) is 55.1. The van der Waals surface area contributed by atoms with Crippen molar-refractivity contribution >= 4 is 119 Å². The quantitative estimate of drug-likeness (QED) is 0.0397. The molecular weight excluding hydrogens is 1000 g/mol. The minimum atomic E-state index is -2.51. The van der Waals surface area contributed by atoms with E-state index in [-0.39, 0.29) is 0 Å². The van der Waals surface area contributed by atoms with Gasteiger partial charge in [0.15, 0.2) is 22.8 Å². The molecular formula is C32H56MoO9P4S8. The number of allylic oxidation sites excluding steroid dienone is 8. The van der Waals surface area contributed by atoms with Crippen LogP contribution in [0.15, 0.2) is 98.7 Å². The zero-order valence-corrected chi connectivity index (χ0v) is 44.1. The molecule has 312 valence electrons. The first kappa shape index (κ1) is 64.0. The van der Waals surface area contributed by atoms with E-state index in [4.69, 9.17) is 136 Å². The summed E-state index contributed by atoms with van der Waals surface area (Å²) in [6, 6.07) is 0. The molecule has 0 saturated heterocycles. The van der Waals surface area contributed by atoms with Crippen LogP contribution in [-0.2, 0) is 156 Å². The van der Waals surface area contributed by atoms with Gasteiger partial charge in [0.05, 0.1) is 50.1 Å². The Bertz CT molecular complexity index is 1040. The van der Waals surface area contributed by atoms with Gasteiger partial charge < -0.3 is 85.2 Å². The molecule has 0 heterocycles. The summed E-state index contributed by atoms with van der Waals surface area (Å²) in [4.78, 5) is 0. The summed E-state index contributed by atoms with van der Waals surface area (Å²) < 4.78 is 49.1. The average molecular weight is 1060 g/mol. The van der Waals surface area contributed by atoms with E-state index in [2.05, 4.69) is 0 Å². The van der Waals surface area contributed by atoms with E-state index in [0.29, 0.717) is 19.8 Å². The van der Waals surface area contributed by atoms with Crippen LogP contribution in [0.5, 0.6) is 0 Å². The summed E-state index contributed by atoms with van der Waals surface area (Å²) in [5.41, 5.74) is -10.0. The second-order valence-corrected chi connectivity index (χ2v) is 28.4. The second-order valence-electron chi connectivity index (χ2n) is 8.87. The van der Waals surface area contributed by atoms with Crippen LogP contribution in [0, 0.1) is 0 Å². The Balaban J connectivity index is -0.000000194. The molecule has 54 heavy (non-hydrogen) atoms. The fourth-order valence-electron chi connectivity index (χ4n) is 1.81. The standard InChI is InChI=1S/4C8H15O2PS2.Mo.O/c4*1-3-5-7-9-11(12,13)10-8-6-4-2;;/h4*5-8H,3-4H2,1-2H3,(H,12,13);;/q;;;;+4;/p-4. The predicted octanol–water partition coefficient (Wildman–Crippen LogP) is 14.4. The van der Waals surface area contributed by atoms with Crippen LogP contribution in [0.4, 0.5) is 0 Å². The second kappa shape index (κ2) is 46.5. The molecule has 0 saturated carbocycles. The zero-order chi connectivity index (χ0) is 42.6. The van der Waals surface area contributed by atoms with Crippen LogP contribution in [-0.4, -0.2) is 0 Å². The van der Waals surface area contributed by atoms with Crippen LogP contribution < -0.4 is 0 Å². The van der Waals surface area contributed by atoms with E-state index in [0.717, 1.165) is 51.4 Å². The van der Waals surface area contributed by atoms with Gasteiger partial charge in [0, 0.05) is 0 Å². The third-order valence-corrected chi connectivity index (χ3v) is 11.3. The van der Waals surface area contributed by atoms with Crippen LogP contribution >= 0.6 is 22.8 Å². The van der Waals surface area contributed by atoms with Gasteiger partial charge in [-0.2, -0.15) is 0 Å². The Morgan fingerprint density at radius 1 is 0.333 bits per heavy atom. The molecule has 0 spiro atoms. The van der Waals surface area contributed by atoms with Gasteiger partial charge in [-0.1, -0.05) is 55.4 Å². The maximum atomic E-state index is 8.26. The molecule has 0 aromatic rings. The Morgan fingerprint density at radius 3 is 0.500 bits per heavy atom. The SMILES string of the molecule is CCC=COP(=S)([S-])OC=CCC.CCC=COP(=S)([S-])OC=CCC.CCC=COP(=S)([S-])OC=CCC.CCC=COP(=S)([S-])OC=CCC.[O]=[Mo+4]. The molecule has 0 fully saturated rings. The van der Waals surface area contributed by atoms with Gasteiger partial charge in [0.2, 0.25) is 0 Å². The number of hydrogen-bond donors (Lipinski definition) is 0. The molecule has 9 nitrogen and oxygen atoms in total. The Labute approximate surface area is 380 Å². The van der Waals surface area contributed by atoms with E-state index in [1.165, 1.54) is 50.1 Å². The molecule has 0 radical (unpaired) electrons. The minimum absolute atomic E-state index is 0.700. The average Bonchev–Trinajstić information content (AvgIpc) is 3.10. The summed E-state index contributed by atoms with van der Waals surface area (Å²) >= 11 is 40.3. The van der Waals surface area contributed by atoms with Crippen LogP contribution in [0.2, 0.25) is 0 Å². The summed E-state index contributed by atoms with van der Waals surface area (Å²) in [7, 11) is 0. The topological polar surface area (TPSA) is 90.9 Å². The van der Waals surface area contributed by atoms with E-state index in [9.17, 15) is 0 Å². The summed E-state index contributed by atoms with van der Waals surface area (Å²) in [6.07, 6.45) is 34.1. The van der Waals surface area contributed by atoms with E-state index in [1.807, 2.05) is 104 Å². The van der Waals surface area contributed by atoms with Gasteiger partial charge >= 0.3 is 23.2 Å². The Morgan fingerprint density at radius 2 is 0.426 bits per heavy atom. The van der Waals surface area contributed by atoms with E-state index >= 15 is 0 Å². The Hall–Kier alpha value is 0.808. The van der Waals surface area contributed by atoms with Crippen molar-refractivity contribution in [3.05, 3.63) is 98.7 Å². The van der Waals surface area contributed by atoms with Crippen LogP contribution in [0.25, 0.3) is 0 Å². The molecule has 0 aliphatic heterocycles. The third-order valence-electron chi connectivity index (χ3n) is 4.18. The molecule has 0 aliphatic carbocycles. The molecule has 0 bridgehead atoms. The van der Waals surface area contributed by atoms with Gasteiger partial charge in [-0.15, -0.1) is 0 Å². The fraction of sp³-hybridized carbons (Fsp3) is 0.500. The summed E-state index contributed by atoms with van der Waals surface area (Å²) in [5.74, 6) is 0. The number of rotatable bonds is 24. The predicted molar refractivity (Wildman–Crippen MR) is 251 cm³/mol. The molecule has 0 amide bonds. The molecule has 0 aliphatic rings. The molecule has 0 rings (SSSR count). The van der Waals surface area contributed by atoms with Crippen LogP contribution in [0.3, 0.4) is 0 Å². The monoisotopic (exact) mass is 1060 g/mol. The van der Waals surface area contributed by atoms with Crippen molar-refractivity contribution in [2.75, 3.05) is 0 Å². The molecule has 0 N–H and O–H groups in total. The van der Waals surface area contributed by atoms with E-state index < -0.39 is 22.8 Å². The van der Waals surface area contributed by atoms with Gasteiger partial charge in [-0.25, -0.2) is 0 Å². The van der Waals surface area contributed by atoms with Crippen molar-refractivity contribution in [3.63, 3.8) is 0 Å². The fourth-order valence-corrected chi connectivity index (χ4v) is 6.27. The first-order valence-electron chi connectivity index (χ1n) is 16.6. The van der Waals surface area contributed by atoms with Crippen molar-refractivity contribution in [3.8, 4) is 0 Å². The van der Waals surface area contributed by atoms with Crippen molar-refractivity contribution < 1.29 is 59.4 Å². The molecule has 0 aromatic heterocycles. The first-order valence-corrected chi connectivity index (χ1v) is 32.0. The van der Waals surface area contributed by atoms with Gasteiger partial charge in [-0.05, 0) is 147 Å². The zero-order valence-electron chi connectivity index (χ0n) is 32.0. The van der Waals surface area contributed by atoms with Crippen LogP contribution in [0.1, 0.15) is 107 Å². The molecule has 0 atom stereocenters. The first-order chi connectivity index (χ1) is 25.5. The third kappa shape index (κ3) is 59.5. The normalized spacial score (nSPS) is 15.7. The van der Waals surface area contributed by atoms with Gasteiger partial charge in [-0.3, -0.25) is 0 Å². The maximum absolute atomic E-state index is 8.26. The molecule has 22 heteroatoms.